The predicted octanol–water partition coefficient (Wildman–Crippen LogP) is 2.72. The average Bonchev–Trinajstić information content (AvgIpc) is 2.40. The van der Waals surface area contributed by atoms with Crippen LogP contribution in [0.5, 0.6) is 5.88 Å². The topological polar surface area (TPSA) is 62.6 Å². The van der Waals surface area contributed by atoms with Crippen molar-refractivity contribution in [3.8, 4) is 5.88 Å². The first-order chi connectivity index (χ1) is 10.1. The van der Waals surface area contributed by atoms with Gasteiger partial charge < -0.3 is 4.52 Å². The molecule has 0 N–H and O–H groups in total. The van der Waals surface area contributed by atoms with Crippen molar-refractivity contribution >= 4 is 30.3 Å². The third kappa shape index (κ3) is 5.88. The minimum atomic E-state index is -4.57. The molecule has 0 fully saturated rings. The van der Waals surface area contributed by atoms with Crippen LogP contribution in [-0.2, 0) is 27.9 Å². The Morgan fingerprint density at radius 3 is 2.59 bits per heavy atom. The second-order valence-corrected chi connectivity index (χ2v) is 7.53. The standard InChI is InChI=1S/C10H14F3N2O4PS2/c1-4-17-20(21,18-6-10(11,12)13)19-7-5-8(16)15(2)9(14-7)22-3/h5H,4,6H2,1-3H3. The summed E-state index contributed by atoms with van der Waals surface area (Å²) in [6.07, 6.45) is -2.89. The molecule has 0 aliphatic carbocycles. The van der Waals surface area contributed by atoms with E-state index in [0.717, 1.165) is 6.07 Å². The molecule has 0 spiro atoms. The minimum Gasteiger partial charge on any atom is -0.405 e. The lowest BCUT2D eigenvalue weighted by molar-refractivity contribution is -0.155. The monoisotopic (exact) mass is 378 g/mol. The van der Waals surface area contributed by atoms with E-state index in [2.05, 4.69) is 9.51 Å². The summed E-state index contributed by atoms with van der Waals surface area (Å²) in [5, 5.41) is 0.316. The lowest BCUT2D eigenvalue weighted by atomic mass is 10.6. The van der Waals surface area contributed by atoms with Crippen molar-refractivity contribution < 1.29 is 26.7 Å². The van der Waals surface area contributed by atoms with Crippen LogP contribution in [0.3, 0.4) is 0 Å². The maximum Gasteiger partial charge on any atom is 0.412 e. The number of thioether (sulfide) groups is 1. The van der Waals surface area contributed by atoms with Crippen molar-refractivity contribution in [2.24, 2.45) is 7.05 Å². The number of aromatic nitrogens is 2. The van der Waals surface area contributed by atoms with Gasteiger partial charge in [0.15, 0.2) is 11.8 Å². The summed E-state index contributed by atoms with van der Waals surface area (Å²) in [6, 6.07) is 1.01. The number of hydrogen-bond acceptors (Lipinski definition) is 7. The van der Waals surface area contributed by atoms with Gasteiger partial charge >= 0.3 is 12.9 Å². The number of nitrogens with zero attached hydrogens (tertiary/aromatic N) is 2. The normalized spacial score (nSPS) is 14.6. The Labute approximate surface area is 134 Å². The summed E-state index contributed by atoms with van der Waals surface area (Å²) >= 11 is 6.06. The quantitative estimate of drug-likeness (QED) is 0.411. The van der Waals surface area contributed by atoms with E-state index < -0.39 is 25.1 Å². The number of rotatable bonds is 7. The summed E-state index contributed by atoms with van der Waals surface area (Å²) in [4.78, 5) is 15.7. The van der Waals surface area contributed by atoms with Gasteiger partial charge in [-0.3, -0.25) is 18.4 Å². The summed E-state index contributed by atoms with van der Waals surface area (Å²) in [6.45, 7) is -3.79. The highest BCUT2D eigenvalue weighted by Gasteiger charge is 2.34. The van der Waals surface area contributed by atoms with Gasteiger partial charge in [0.1, 0.15) is 0 Å². The Morgan fingerprint density at radius 2 is 2.09 bits per heavy atom. The molecule has 0 bridgehead atoms. The Kier molecular flexibility index (Phi) is 6.87. The molecule has 126 valence electrons. The Hall–Kier alpha value is -0.610. The molecular weight excluding hydrogens is 364 g/mol. The van der Waals surface area contributed by atoms with Gasteiger partial charge in [-0.2, -0.15) is 18.2 Å². The first-order valence-corrected chi connectivity index (χ1v) is 9.66. The van der Waals surface area contributed by atoms with E-state index in [-0.39, 0.29) is 12.5 Å². The molecule has 1 aromatic rings. The van der Waals surface area contributed by atoms with Crippen molar-refractivity contribution in [3.05, 3.63) is 16.4 Å². The number of halogens is 3. The van der Waals surface area contributed by atoms with Crippen LogP contribution >= 0.6 is 18.5 Å². The Morgan fingerprint density at radius 1 is 1.45 bits per heavy atom. The van der Waals surface area contributed by atoms with Gasteiger partial charge in [0.2, 0.25) is 5.88 Å². The van der Waals surface area contributed by atoms with Crippen molar-refractivity contribution in [1.82, 2.24) is 9.55 Å². The Balaban J connectivity index is 3.03. The van der Waals surface area contributed by atoms with Crippen molar-refractivity contribution in [2.45, 2.75) is 18.3 Å². The highest BCUT2D eigenvalue weighted by atomic mass is 32.5. The van der Waals surface area contributed by atoms with Crippen LogP contribution in [0.4, 0.5) is 13.2 Å². The lowest BCUT2D eigenvalue weighted by Crippen LogP contribution is -2.20. The zero-order valence-electron chi connectivity index (χ0n) is 11.9. The van der Waals surface area contributed by atoms with Crippen LogP contribution < -0.4 is 10.1 Å². The van der Waals surface area contributed by atoms with Gasteiger partial charge in [-0.1, -0.05) is 11.8 Å². The summed E-state index contributed by atoms with van der Waals surface area (Å²) in [5.41, 5.74) is -0.441. The molecule has 0 saturated carbocycles. The van der Waals surface area contributed by atoms with Gasteiger partial charge in [-0.25, -0.2) is 0 Å². The molecule has 6 nitrogen and oxygen atoms in total. The van der Waals surface area contributed by atoms with Crippen LogP contribution in [0.1, 0.15) is 6.92 Å². The lowest BCUT2D eigenvalue weighted by Gasteiger charge is -2.22. The first kappa shape index (κ1) is 19.4. The maximum atomic E-state index is 12.3. The smallest absolute Gasteiger partial charge is 0.405 e. The molecule has 0 aliphatic rings. The summed E-state index contributed by atoms with van der Waals surface area (Å²) in [5.74, 6) is -0.230. The van der Waals surface area contributed by atoms with Crippen LogP contribution in [0, 0.1) is 0 Å². The maximum absolute atomic E-state index is 12.3. The van der Waals surface area contributed by atoms with E-state index >= 15 is 0 Å². The molecule has 12 heteroatoms. The molecule has 1 heterocycles. The fourth-order valence-electron chi connectivity index (χ4n) is 1.24. The average molecular weight is 378 g/mol. The molecule has 1 atom stereocenters. The van der Waals surface area contributed by atoms with E-state index in [1.807, 2.05) is 0 Å². The van der Waals surface area contributed by atoms with Crippen molar-refractivity contribution in [3.63, 3.8) is 0 Å². The van der Waals surface area contributed by atoms with Crippen LogP contribution in [0.15, 0.2) is 16.0 Å². The first-order valence-electron chi connectivity index (χ1n) is 5.87. The van der Waals surface area contributed by atoms with E-state index in [0.29, 0.717) is 5.16 Å². The van der Waals surface area contributed by atoms with Gasteiger partial charge in [0.25, 0.3) is 5.56 Å². The largest absolute Gasteiger partial charge is 0.412 e. The van der Waals surface area contributed by atoms with Crippen LogP contribution in [-0.4, -0.2) is 35.2 Å². The fourth-order valence-corrected chi connectivity index (χ4v) is 3.61. The van der Waals surface area contributed by atoms with Gasteiger partial charge in [-0.15, -0.1) is 0 Å². The third-order valence-corrected chi connectivity index (χ3v) is 5.15. The molecule has 1 unspecified atom stereocenters. The summed E-state index contributed by atoms with van der Waals surface area (Å²) in [7, 11) is 1.50. The molecule has 0 aromatic carbocycles. The van der Waals surface area contributed by atoms with E-state index in [9.17, 15) is 18.0 Å². The highest BCUT2D eigenvalue weighted by molar-refractivity contribution is 8.07. The number of alkyl halides is 3. The van der Waals surface area contributed by atoms with Crippen molar-refractivity contribution in [2.75, 3.05) is 19.5 Å². The molecule has 1 aromatic heterocycles. The van der Waals surface area contributed by atoms with Crippen LogP contribution in [0.2, 0.25) is 0 Å². The molecular formula is C10H14F3N2O4PS2. The minimum absolute atomic E-state index is 0.00460. The Bertz CT molecular complexity index is 623. The van der Waals surface area contributed by atoms with E-state index in [1.54, 1.807) is 6.26 Å². The zero-order valence-corrected chi connectivity index (χ0v) is 14.4. The molecule has 0 amide bonds. The second-order valence-electron chi connectivity index (χ2n) is 3.82. The summed E-state index contributed by atoms with van der Waals surface area (Å²) < 4.78 is 52.8. The van der Waals surface area contributed by atoms with Crippen LogP contribution in [0.25, 0.3) is 0 Å². The molecule has 0 aliphatic heterocycles. The zero-order chi connectivity index (χ0) is 17.0. The molecule has 0 radical (unpaired) electrons. The number of hydrogen-bond donors (Lipinski definition) is 0. The fraction of sp³-hybridized carbons (Fsp3) is 0.600. The highest BCUT2D eigenvalue weighted by Crippen LogP contribution is 2.50. The predicted molar refractivity (Wildman–Crippen MR) is 79.8 cm³/mol. The third-order valence-electron chi connectivity index (χ3n) is 2.13. The van der Waals surface area contributed by atoms with E-state index in [1.165, 1.54) is 30.3 Å². The molecule has 22 heavy (non-hydrogen) atoms. The van der Waals surface area contributed by atoms with Gasteiger partial charge in [-0.05, 0) is 13.2 Å². The van der Waals surface area contributed by atoms with Crippen molar-refractivity contribution in [1.29, 1.82) is 0 Å². The molecule has 1 rings (SSSR count). The molecule has 0 saturated heterocycles. The van der Waals surface area contributed by atoms with Gasteiger partial charge in [0.05, 0.1) is 12.7 Å². The SMILES string of the molecule is CCOP(=S)(OCC(F)(F)F)Oc1cc(=O)n(C)c(SC)n1. The van der Waals surface area contributed by atoms with E-state index in [4.69, 9.17) is 20.9 Å². The van der Waals surface area contributed by atoms with Gasteiger partial charge in [0, 0.05) is 18.9 Å². The second kappa shape index (κ2) is 7.78.